The van der Waals surface area contributed by atoms with Gasteiger partial charge in [-0.25, -0.2) is 4.39 Å². The lowest BCUT2D eigenvalue weighted by atomic mass is 9.78. The summed E-state index contributed by atoms with van der Waals surface area (Å²) in [6.45, 7) is 7.58. The molecule has 2 N–H and O–H groups in total. The van der Waals surface area contributed by atoms with Gasteiger partial charge in [0.05, 0.1) is 16.1 Å². The first-order valence-corrected chi connectivity index (χ1v) is 6.49. The first-order valence-electron chi connectivity index (χ1n) is 5.70. The molecule has 4 heteroatoms. The maximum Gasteiger partial charge on any atom is 0.142 e. The molecule has 2 unspecified atom stereocenters. The smallest absolute Gasteiger partial charge is 0.142 e. The van der Waals surface area contributed by atoms with E-state index < -0.39 is 11.6 Å². The first-order chi connectivity index (χ1) is 7.75. The minimum absolute atomic E-state index is 0.0168. The maximum atomic E-state index is 13.8. The van der Waals surface area contributed by atoms with Gasteiger partial charge in [-0.1, -0.05) is 6.92 Å². The highest BCUT2D eigenvalue weighted by molar-refractivity contribution is 9.10. The van der Waals surface area contributed by atoms with E-state index in [1.807, 2.05) is 20.8 Å². The molecule has 2 nitrogen and oxygen atoms in total. The topological polar surface area (TPSA) is 32.3 Å². The Labute approximate surface area is 109 Å². The van der Waals surface area contributed by atoms with Crippen molar-refractivity contribution in [1.29, 1.82) is 0 Å². The lowest BCUT2D eigenvalue weighted by Crippen LogP contribution is -2.50. The van der Waals surface area contributed by atoms with Crippen LogP contribution in [0.1, 0.15) is 37.8 Å². The van der Waals surface area contributed by atoms with Gasteiger partial charge in [-0.15, -0.1) is 0 Å². The van der Waals surface area contributed by atoms with Crippen LogP contribution in [0.2, 0.25) is 0 Å². The molecule has 1 aromatic carbocycles. The second-order valence-electron chi connectivity index (χ2n) is 5.34. The van der Waals surface area contributed by atoms with Crippen LogP contribution < -0.4 is 5.32 Å². The number of nitrogens with one attached hydrogen (secondary N) is 1. The van der Waals surface area contributed by atoms with Gasteiger partial charge >= 0.3 is 0 Å². The fourth-order valence-electron chi connectivity index (χ4n) is 2.49. The maximum absolute atomic E-state index is 13.8. The second kappa shape index (κ2) is 3.95. The summed E-state index contributed by atoms with van der Waals surface area (Å²) >= 11 is 3.22. The Morgan fingerprint density at radius 1 is 1.47 bits per heavy atom. The van der Waals surface area contributed by atoms with E-state index >= 15 is 0 Å². The van der Waals surface area contributed by atoms with E-state index in [9.17, 15) is 9.50 Å². The minimum Gasteiger partial charge on any atom is -0.390 e. The Morgan fingerprint density at radius 2 is 2.06 bits per heavy atom. The number of benzene rings is 1. The molecule has 0 radical (unpaired) electrons. The molecule has 0 spiro atoms. The molecule has 2 rings (SSSR count). The van der Waals surface area contributed by atoms with Gasteiger partial charge in [0.25, 0.3) is 0 Å². The molecule has 0 fully saturated rings. The molecule has 1 aromatic rings. The summed E-state index contributed by atoms with van der Waals surface area (Å²) in [5, 5.41) is 13.5. The van der Waals surface area contributed by atoms with Crippen molar-refractivity contribution in [1.82, 2.24) is 0 Å². The van der Waals surface area contributed by atoms with E-state index in [1.165, 1.54) is 0 Å². The van der Waals surface area contributed by atoms with Crippen molar-refractivity contribution >= 4 is 21.6 Å². The third kappa shape index (κ3) is 1.87. The monoisotopic (exact) mass is 301 g/mol. The van der Waals surface area contributed by atoms with Crippen LogP contribution in [-0.4, -0.2) is 16.7 Å². The zero-order chi connectivity index (χ0) is 13.0. The number of hydrogen-bond acceptors (Lipinski definition) is 2. The SMILES string of the molecule is Cc1c(F)c(Br)cc2c1NC(C)(C)C(O)C2C. The number of hydrogen-bond donors (Lipinski definition) is 2. The fourth-order valence-corrected chi connectivity index (χ4v) is 3.04. The van der Waals surface area contributed by atoms with E-state index in [2.05, 4.69) is 21.2 Å². The predicted octanol–water partition coefficient (Wildman–Crippen LogP) is 3.57. The van der Waals surface area contributed by atoms with E-state index in [4.69, 9.17) is 0 Å². The van der Waals surface area contributed by atoms with Crippen molar-refractivity contribution < 1.29 is 9.50 Å². The fraction of sp³-hybridized carbons (Fsp3) is 0.538. The number of fused-ring (bicyclic) bond motifs is 1. The number of rotatable bonds is 0. The van der Waals surface area contributed by atoms with Crippen molar-refractivity contribution in [2.75, 3.05) is 5.32 Å². The molecule has 94 valence electrons. The molecule has 0 amide bonds. The lowest BCUT2D eigenvalue weighted by Gasteiger charge is -2.43. The van der Waals surface area contributed by atoms with Gasteiger partial charge in [0, 0.05) is 17.2 Å². The van der Waals surface area contributed by atoms with Gasteiger partial charge in [0.1, 0.15) is 5.82 Å². The average Bonchev–Trinajstić information content (AvgIpc) is 2.26. The van der Waals surface area contributed by atoms with Crippen molar-refractivity contribution in [2.45, 2.75) is 45.3 Å². The van der Waals surface area contributed by atoms with Crippen molar-refractivity contribution in [3.63, 3.8) is 0 Å². The van der Waals surface area contributed by atoms with E-state index in [0.717, 1.165) is 11.3 Å². The van der Waals surface area contributed by atoms with E-state index in [-0.39, 0.29) is 11.7 Å². The molecule has 1 aliphatic heterocycles. The zero-order valence-electron chi connectivity index (χ0n) is 10.4. The molecule has 2 atom stereocenters. The average molecular weight is 302 g/mol. The van der Waals surface area contributed by atoms with E-state index in [1.54, 1.807) is 13.0 Å². The molecular formula is C13H17BrFNO. The molecule has 1 heterocycles. The van der Waals surface area contributed by atoms with Gasteiger partial charge in [-0.3, -0.25) is 0 Å². The number of halogens is 2. The molecule has 0 aromatic heterocycles. The lowest BCUT2D eigenvalue weighted by molar-refractivity contribution is 0.0867. The third-order valence-corrected chi connectivity index (χ3v) is 4.21. The normalized spacial score (nSPS) is 26.3. The Kier molecular flexibility index (Phi) is 2.99. The summed E-state index contributed by atoms with van der Waals surface area (Å²) in [7, 11) is 0. The summed E-state index contributed by atoms with van der Waals surface area (Å²) < 4.78 is 14.3. The molecule has 17 heavy (non-hydrogen) atoms. The van der Waals surface area contributed by atoms with Crippen LogP contribution in [0.15, 0.2) is 10.5 Å². The van der Waals surface area contributed by atoms with Crippen LogP contribution in [0.5, 0.6) is 0 Å². The molecule has 1 aliphatic rings. The summed E-state index contributed by atoms with van der Waals surface area (Å²) in [4.78, 5) is 0. The van der Waals surface area contributed by atoms with Crippen molar-refractivity contribution in [2.24, 2.45) is 0 Å². The number of anilines is 1. The highest BCUT2D eigenvalue weighted by Crippen LogP contribution is 2.43. The largest absolute Gasteiger partial charge is 0.390 e. The van der Waals surface area contributed by atoms with Crippen LogP contribution in [0.25, 0.3) is 0 Å². The Hall–Kier alpha value is -0.610. The van der Waals surface area contributed by atoms with Crippen molar-refractivity contribution in [3.8, 4) is 0 Å². The first kappa shape index (κ1) is 12.8. The summed E-state index contributed by atoms with van der Waals surface area (Å²) in [5.41, 5.74) is 1.93. The predicted molar refractivity (Wildman–Crippen MR) is 71.0 cm³/mol. The van der Waals surface area contributed by atoms with Crippen LogP contribution in [-0.2, 0) is 0 Å². The molecule has 0 saturated heterocycles. The molecule has 0 saturated carbocycles. The standard InChI is InChI=1S/C13H17BrFNO/c1-6-8-5-9(14)10(15)7(2)11(8)16-13(3,4)12(6)17/h5-6,12,16-17H,1-4H3. The number of aliphatic hydroxyl groups is 1. The number of aliphatic hydroxyl groups excluding tert-OH is 1. The van der Waals surface area contributed by atoms with Gasteiger partial charge in [0.2, 0.25) is 0 Å². The highest BCUT2D eigenvalue weighted by atomic mass is 79.9. The summed E-state index contributed by atoms with van der Waals surface area (Å²) in [6.07, 6.45) is -0.494. The molecule has 0 bridgehead atoms. The van der Waals surface area contributed by atoms with Gasteiger partial charge in [-0.2, -0.15) is 0 Å². The van der Waals surface area contributed by atoms with Crippen LogP contribution >= 0.6 is 15.9 Å². The van der Waals surface area contributed by atoms with Crippen molar-refractivity contribution in [3.05, 3.63) is 27.5 Å². The van der Waals surface area contributed by atoms with Gasteiger partial charge in [-0.05, 0) is 48.3 Å². The summed E-state index contributed by atoms with van der Waals surface area (Å²) in [6, 6.07) is 1.76. The van der Waals surface area contributed by atoms with Crippen LogP contribution in [0.3, 0.4) is 0 Å². The zero-order valence-corrected chi connectivity index (χ0v) is 12.0. The molecular weight excluding hydrogens is 285 g/mol. The highest BCUT2D eigenvalue weighted by Gasteiger charge is 2.39. The molecule has 0 aliphatic carbocycles. The van der Waals surface area contributed by atoms with Gasteiger partial charge < -0.3 is 10.4 Å². The van der Waals surface area contributed by atoms with Gasteiger partial charge in [0.15, 0.2) is 0 Å². The quantitative estimate of drug-likeness (QED) is 0.768. The van der Waals surface area contributed by atoms with E-state index in [0.29, 0.717) is 10.0 Å². The Bertz CT molecular complexity index is 473. The Morgan fingerprint density at radius 3 is 2.65 bits per heavy atom. The second-order valence-corrected chi connectivity index (χ2v) is 6.20. The van der Waals surface area contributed by atoms with Crippen LogP contribution in [0, 0.1) is 12.7 Å². The third-order valence-electron chi connectivity index (χ3n) is 3.64. The van der Waals surface area contributed by atoms with Crippen LogP contribution in [0.4, 0.5) is 10.1 Å². The summed E-state index contributed by atoms with van der Waals surface area (Å²) in [5.74, 6) is -0.257. The Balaban J connectivity index is 2.65. The minimum atomic E-state index is -0.494.